The number of nitrogens with zero attached hydrogens (tertiary/aromatic N) is 1. The van der Waals surface area contributed by atoms with E-state index in [9.17, 15) is 4.79 Å². The lowest BCUT2D eigenvalue weighted by molar-refractivity contribution is -0.120. The van der Waals surface area contributed by atoms with Crippen molar-refractivity contribution in [2.45, 2.75) is 25.4 Å². The summed E-state index contributed by atoms with van der Waals surface area (Å²) in [5.74, 6) is 0.0160. The number of carbonyl (C=O) groups is 1. The van der Waals surface area contributed by atoms with Crippen molar-refractivity contribution in [3.63, 3.8) is 0 Å². The molecular weight excluding hydrogens is 250 g/mol. The summed E-state index contributed by atoms with van der Waals surface area (Å²) in [4.78, 5) is 11.4. The molecule has 0 atom stereocenters. The zero-order valence-electron chi connectivity index (χ0n) is 9.87. The molecular formula is C13H14ClN3O. The highest BCUT2D eigenvalue weighted by Gasteiger charge is 2.22. The third-order valence-electron chi connectivity index (χ3n) is 2.73. The van der Waals surface area contributed by atoms with Gasteiger partial charge < -0.3 is 10.6 Å². The summed E-state index contributed by atoms with van der Waals surface area (Å²) >= 11 is 6.03. The van der Waals surface area contributed by atoms with Crippen LogP contribution in [0.1, 0.15) is 24.0 Å². The molecule has 1 aromatic carbocycles. The molecule has 1 aromatic rings. The molecule has 0 radical (unpaired) electrons. The molecule has 0 aromatic heterocycles. The first-order valence-corrected chi connectivity index (χ1v) is 6.25. The zero-order chi connectivity index (χ0) is 13.0. The van der Waals surface area contributed by atoms with Crippen LogP contribution in [0.3, 0.4) is 0 Å². The molecule has 4 nitrogen and oxygen atoms in total. The average molecular weight is 264 g/mol. The number of nitrogens with one attached hydrogen (secondary N) is 2. The van der Waals surface area contributed by atoms with E-state index >= 15 is 0 Å². The van der Waals surface area contributed by atoms with Crippen LogP contribution in [-0.4, -0.2) is 18.5 Å². The maximum atomic E-state index is 11.4. The Morgan fingerprint density at radius 3 is 2.89 bits per heavy atom. The van der Waals surface area contributed by atoms with Gasteiger partial charge in [-0.3, -0.25) is 4.79 Å². The van der Waals surface area contributed by atoms with Crippen LogP contribution in [0.25, 0.3) is 0 Å². The first-order valence-electron chi connectivity index (χ1n) is 5.87. The van der Waals surface area contributed by atoms with Crippen LogP contribution in [0.15, 0.2) is 18.2 Å². The standard InChI is InChI=1S/C13H14ClN3O/c14-12-5-9(6-15)1-2-10(12)7-16-8-13(18)17-11-3-4-11/h1-2,5,11,16H,3-4,7-8H2,(H,17,18). The Labute approximate surface area is 111 Å². The average Bonchev–Trinajstić information content (AvgIpc) is 3.15. The molecule has 1 saturated carbocycles. The number of benzene rings is 1. The highest BCUT2D eigenvalue weighted by atomic mass is 35.5. The number of carbonyl (C=O) groups excluding carboxylic acids is 1. The molecule has 1 aliphatic carbocycles. The minimum Gasteiger partial charge on any atom is -0.352 e. The molecule has 0 saturated heterocycles. The molecule has 0 spiro atoms. The van der Waals surface area contributed by atoms with Crippen molar-refractivity contribution in [1.82, 2.24) is 10.6 Å². The number of amides is 1. The molecule has 0 bridgehead atoms. The van der Waals surface area contributed by atoms with Crippen molar-refractivity contribution in [3.05, 3.63) is 34.3 Å². The summed E-state index contributed by atoms with van der Waals surface area (Å²) in [5.41, 5.74) is 1.42. The Hall–Kier alpha value is -1.57. The van der Waals surface area contributed by atoms with E-state index < -0.39 is 0 Å². The maximum Gasteiger partial charge on any atom is 0.234 e. The van der Waals surface area contributed by atoms with Crippen LogP contribution in [-0.2, 0) is 11.3 Å². The zero-order valence-corrected chi connectivity index (χ0v) is 10.6. The summed E-state index contributed by atoms with van der Waals surface area (Å²) < 4.78 is 0. The molecule has 1 amide bonds. The largest absolute Gasteiger partial charge is 0.352 e. The van der Waals surface area contributed by atoms with Gasteiger partial charge in [0.25, 0.3) is 0 Å². The van der Waals surface area contributed by atoms with Crippen molar-refractivity contribution >= 4 is 17.5 Å². The number of rotatable bonds is 5. The molecule has 0 heterocycles. The predicted octanol–water partition coefficient (Wildman–Crippen LogP) is 1.58. The van der Waals surface area contributed by atoms with Crippen molar-refractivity contribution in [3.8, 4) is 6.07 Å². The van der Waals surface area contributed by atoms with Crippen LogP contribution >= 0.6 is 11.6 Å². The van der Waals surface area contributed by atoms with Gasteiger partial charge in [0.05, 0.1) is 18.2 Å². The second-order valence-corrected chi connectivity index (χ2v) is 4.77. The summed E-state index contributed by atoms with van der Waals surface area (Å²) in [5, 5.41) is 15.2. The van der Waals surface area contributed by atoms with E-state index in [2.05, 4.69) is 10.6 Å². The molecule has 2 rings (SSSR count). The lowest BCUT2D eigenvalue weighted by atomic mass is 10.1. The fourth-order valence-corrected chi connectivity index (χ4v) is 1.82. The van der Waals surface area contributed by atoms with Crippen LogP contribution in [0.4, 0.5) is 0 Å². The third-order valence-corrected chi connectivity index (χ3v) is 3.08. The molecule has 94 valence electrons. The van der Waals surface area contributed by atoms with Crippen LogP contribution < -0.4 is 10.6 Å². The van der Waals surface area contributed by atoms with Gasteiger partial charge in [-0.15, -0.1) is 0 Å². The fourth-order valence-electron chi connectivity index (χ4n) is 1.58. The minimum absolute atomic E-state index is 0.0160. The molecule has 1 aliphatic rings. The predicted molar refractivity (Wildman–Crippen MR) is 69.0 cm³/mol. The highest BCUT2D eigenvalue weighted by Crippen LogP contribution is 2.18. The second kappa shape index (κ2) is 5.85. The minimum atomic E-state index is 0.0160. The first-order chi connectivity index (χ1) is 8.69. The van der Waals surface area contributed by atoms with Gasteiger partial charge in [-0.1, -0.05) is 17.7 Å². The number of halogens is 1. The second-order valence-electron chi connectivity index (χ2n) is 4.36. The van der Waals surface area contributed by atoms with Gasteiger partial charge in [-0.25, -0.2) is 0 Å². The van der Waals surface area contributed by atoms with Crippen molar-refractivity contribution < 1.29 is 4.79 Å². The Bertz CT molecular complexity index is 491. The SMILES string of the molecule is N#Cc1ccc(CNCC(=O)NC2CC2)c(Cl)c1. The first kappa shape index (κ1) is 12.9. The number of hydrogen-bond donors (Lipinski definition) is 2. The molecule has 2 N–H and O–H groups in total. The summed E-state index contributed by atoms with van der Waals surface area (Å²) in [7, 11) is 0. The summed E-state index contributed by atoms with van der Waals surface area (Å²) in [6.45, 7) is 0.801. The maximum absolute atomic E-state index is 11.4. The van der Waals surface area contributed by atoms with E-state index in [1.807, 2.05) is 6.07 Å². The third kappa shape index (κ3) is 3.73. The topological polar surface area (TPSA) is 64.9 Å². The van der Waals surface area contributed by atoms with E-state index in [4.69, 9.17) is 16.9 Å². The van der Waals surface area contributed by atoms with Gasteiger partial charge in [0.1, 0.15) is 0 Å². The normalized spacial score (nSPS) is 14.0. The van der Waals surface area contributed by atoms with Gasteiger partial charge in [0, 0.05) is 17.6 Å². The molecule has 0 unspecified atom stereocenters. The van der Waals surface area contributed by atoms with Crippen molar-refractivity contribution in [2.24, 2.45) is 0 Å². The number of nitriles is 1. The quantitative estimate of drug-likeness (QED) is 0.848. The van der Waals surface area contributed by atoms with Gasteiger partial charge in [0.2, 0.25) is 5.91 Å². The Balaban J connectivity index is 1.79. The number of hydrogen-bond acceptors (Lipinski definition) is 3. The van der Waals surface area contributed by atoms with E-state index in [-0.39, 0.29) is 12.5 Å². The van der Waals surface area contributed by atoms with Crippen molar-refractivity contribution in [1.29, 1.82) is 5.26 Å². The Kier molecular flexibility index (Phi) is 4.19. The summed E-state index contributed by atoms with van der Waals surface area (Å²) in [6.07, 6.45) is 2.18. The molecule has 0 aliphatic heterocycles. The molecule has 1 fully saturated rings. The Morgan fingerprint density at radius 1 is 1.50 bits per heavy atom. The molecule has 18 heavy (non-hydrogen) atoms. The van der Waals surface area contributed by atoms with Gasteiger partial charge in [-0.05, 0) is 30.5 Å². The fraction of sp³-hybridized carbons (Fsp3) is 0.385. The van der Waals surface area contributed by atoms with E-state index in [0.717, 1.165) is 18.4 Å². The van der Waals surface area contributed by atoms with E-state index in [0.29, 0.717) is 23.2 Å². The highest BCUT2D eigenvalue weighted by molar-refractivity contribution is 6.31. The molecule has 5 heteroatoms. The lowest BCUT2D eigenvalue weighted by Gasteiger charge is -2.07. The van der Waals surface area contributed by atoms with Gasteiger partial charge in [0.15, 0.2) is 0 Å². The van der Waals surface area contributed by atoms with Gasteiger partial charge >= 0.3 is 0 Å². The van der Waals surface area contributed by atoms with Crippen LogP contribution in [0.5, 0.6) is 0 Å². The van der Waals surface area contributed by atoms with Gasteiger partial charge in [-0.2, -0.15) is 5.26 Å². The van der Waals surface area contributed by atoms with Crippen LogP contribution in [0, 0.1) is 11.3 Å². The summed E-state index contributed by atoms with van der Waals surface area (Å²) in [6, 6.07) is 7.56. The lowest BCUT2D eigenvalue weighted by Crippen LogP contribution is -2.34. The monoisotopic (exact) mass is 263 g/mol. The van der Waals surface area contributed by atoms with E-state index in [1.54, 1.807) is 18.2 Å². The van der Waals surface area contributed by atoms with E-state index in [1.165, 1.54) is 0 Å². The Morgan fingerprint density at radius 2 is 2.28 bits per heavy atom. The van der Waals surface area contributed by atoms with Crippen LogP contribution in [0.2, 0.25) is 5.02 Å². The smallest absolute Gasteiger partial charge is 0.234 e. The van der Waals surface area contributed by atoms with Crippen molar-refractivity contribution in [2.75, 3.05) is 6.54 Å².